The molecule has 0 radical (unpaired) electrons. The number of rotatable bonds is 6. The van der Waals surface area contributed by atoms with Crippen LogP contribution in [0.2, 0.25) is 0 Å². The highest BCUT2D eigenvalue weighted by atomic mass is 32.2. The van der Waals surface area contributed by atoms with Crippen LogP contribution in [0, 0.1) is 5.82 Å². The van der Waals surface area contributed by atoms with E-state index in [1.165, 1.54) is 16.4 Å². The Morgan fingerprint density at radius 1 is 0.889 bits per heavy atom. The predicted molar refractivity (Wildman–Crippen MR) is 104 cm³/mol. The molecule has 0 saturated carbocycles. The molecule has 0 aliphatic rings. The van der Waals surface area contributed by atoms with Gasteiger partial charge in [0.05, 0.1) is 23.7 Å². The van der Waals surface area contributed by atoms with Crippen molar-refractivity contribution in [1.29, 1.82) is 0 Å². The summed E-state index contributed by atoms with van der Waals surface area (Å²) in [6.45, 7) is 1.82. The van der Waals surface area contributed by atoms with E-state index < -0.39 is 21.9 Å². The highest BCUT2D eigenvalue weighted by molar-refractivity contribution is 7.92. The van der Waals surface area contributed by atoms with Crippen LogP contribution in [0.4, 0.5) is 10.1 Å². The van der Waals surface area contributed by atoms with Crippen molar-refractivity contribution in [3.05, 3.63) is 90.2 Å². The van der Waals surface area contributed by atoms with Crippen molar-refractivity contribution >= 4 is 15.7 Å². The highest BCUT2D eigenvalue weighted by Crippen LogP contribution is 2.34. The standard InChI is InChI=1S/C21H20FNO3S/c1-16(17-6-4-3-5-7-17)23(19-10-12-20(26-2)13-11-19)27(24,25)21-14-8-18(22)9-15-21/h3-16H,1-2H3/t16-/m1/s1. The van der Waals surface area contributed by atoms with Gasteiger partial charge in [-0.1, -0.05) is 30.3 Å². The van der Waals surface area contributed by atoms with Crippen LogP contribution in [0.25, 0.3) is 0 Å². The van der Waals surface area contributed by atoms with Crippen LogP contribution >= 0.6 is 0 Å². The summed E-state index contributed by atoms with van der Waals surface area (Å²) in [6.07, 6.45) is 0. The van der Waals surface area contributed by atoms with E-state index in [-0.39, 0.29) is 4.90 Å². The fourth-order valence-electron chi connectivity index (χ4n) is 2.89. The van der Waals surface area contributed by atoms with E-state index in [2.05, 4.69) is 0 Å². The van der Waals surface area contributed by atoms with Gasteiger partial charge in [0.2, 0.25) is 0 Å². The van der Waals surface area contributed by atoms with Gasteiger partial charge in [-0.3, -0.25) is 4.31 Å². The van der Waals surface area contributed by atoms with Gasteiger partial charge in [-0.05, 0) is 61.0 Å². The maximum absolute atomic E-state index is 13.4. The molecule has 0 fully saturated rings. The molecule has 0 aliphatic carbocycles. The van der Waals surface area contributed by atoms with Gasteiger partial charge in [0.25, 0.3) is 10.0 Å². The van der Waals surface area contributed by atoms with Gasteiger partial charge in [0, 0.05) is 0 Å². The van der Waals surface area contributed by atoms with Crippen LogP contribution in [-0.4, -0.2) is 15.5 Å². The second-order valence-electron chi connectivity index (χ2n) is 6.04. The number of ether oxygens (including phenoxy) is 1. The molecule has 0 saturated heterocycles. The molecule has 0 spiro atoms. The minimum absolute atomic E-state index is 0.0301. The largest absolute Gasteiger partial charge is 0.497 e. The van der Waals surface area contributed by atoms with Crippen LogP contribution in [-0.2, 0) is 10.0 Å². The molecule has 0 bridgehead atoms. The summed E-state index contributed by atoms with van der Waals surface area (Å²) in [5.74, 6) is 0.145. The lowest BCUT2D eigenvalue weighted by Crippen LogP contribution is -2.33. The van der Waals surface area contributed by atoms with Crippen LogP contribution in [0.5, 0.6) is 5.75 Å². The number of methoxy groups -OCH3 is 1. The molecule has 140 valence electrons. The highest BCUT2D eigenvalue weighted by Gasteiger charge is 2.30. The van der Waals surface area contributed by atoms with Crippen molar-refractivity contribution in [3.63, 3.8) is 0 Å². The zero-order valence-electron chi connectivity index (χ0n) is 15.0. The minimum atomic E-state index is -3.91. The van der Waals surface area contributed by atoms with Crippen LogP contribution in [0.1, 0.15) is 18.5 Å². The van der Waals surface area contributed by atoms with Crippen molar-refractivity contribution in [3.8, 4) is 5.75 Å². The molecule has 0 aliphatic heterocycles. The topological polar surface area (TPSA) is 46.6 Å². The van der Waals surface area contributed by atoms with E-state index in [4.69, 9.17) is 4.74 Å². The van der Waals surface area contributed by atoms with Crippen LogP contribution in [0.15, 0.2) is 83.8 Å². The smallest absolute Gasteiger partial charge is 0.264 e. The van der Waals surface area contributed by atoms with Crippen molar-refractivity contribution in [2.75, 3.05) is 11.4 Å². The Balaban J connectivity index is 2.12. The molecular formula is C21H20FNO3S. The fraction of sp³-hybridized carbons (Fsp3) is 0.143. The van der Waals surface area contributed by atoms with E-state index in [0.29, 0.717) is 11.4 Å². The Hall–Kier alpha value is -2.86. The maximum atomic E-state index is 13.4. The first-order chi connectivity index (χ1) is 12.9. The summed E-state index contributed by atoms with van der Waals surface area (Å²) >= 11 is 0. The van der Waals surface area contributed by atoms with Gasteiger partial charge < -0.3 is 4.74 Å². The Bertz CT molecular complexity index is 988. The molecule has 0 unspecified atom stereocenters. The lowest BCUT2D eigenvalue weighted by molar-refractivity contribution is 0.415. The second kappa shape index (κ2) is 7.80. The van der Waals surface area contributed by atoms with Crippen molar-refractivity contribution < 1.29 is 17.5 Å². The molecule has 1 atom stereocenters. The second-order valence-corrected chi connectivity index (χ2v) is 7.85. The van der Waals surface area contributed by atoms with Gasteiger partial charge in [0.1, 0.15) is 11.6 Å². The molecule has 0 aromatic heterocycles. The molecule has 0 heterocycles. The number of nitrogens with zero attached hydrogens (tertiary/aromatic N) is 1. The number of anilines is 1. The van der Waals surface area contributed by atoms with Gasteiger partial charge >= 0.3 is 0 Å². The molecule has 3 aromatic rings. The number of hydrogen-bond donors (Lipinski definition) is 0. The van der Waals surface area contributed by atoms with Gasteiger partial charge in [-0.15, -0.1) is 0 Å². The number of halogens is 1. The van der Waals surface area contributed by atoms with Gasteiger partial charge in [-0.25, -0.2) is 12.8 Å². The van der Waals surface area contributed by atoms with Crippen molar-refractivity contribution in [2.45, 2.75) is 17.9 Å². The Morgan fingerprint density at radius 2 is 1.48 bits per heavy atom. The van der Waals surface area contributed by atoms with E-state index in [1.807, 2.05) is 37.3 Å². The molecule has 27 heavy (non-hydrogen) atoms. The molecule has 6 heteroatoms. The van der Waals surface area contributed by atoms with E-state index in [1.54, 1.807) is 31.4 Å². The SMILES string of the molecule is COc1ccc(N([C@H](C)c2ccccc2)S(=O)(=O)c2ccc(F)cc2)cc1. The third kappa shape index (κ3) is 3.95. The number of benzene rings is 3. The molecule has 3 aromatic carbocycles. The minimum Gasteiger partial charge on any atom is -0.497 e. The van der Waals surface area contributed by atoms with Crippen LogP contribution < -0.4 is 9.04 Å². The maximum Gasteiger partial charge on any atom is 0.264 e. The molecular weight excluding hydrogens is 365 g/mol. The van der Waals surface area contributed by atoms with E-state index >= 15 is 0 Å². The summed E-state index contributed by atoms with van der Waals surface area (Å²) in [7, 11) is -2.36. The third-order valence-corrected chi connectivity index (χ3v) is 6.24. The molecule has 4 nitrogen and oxygen atoms in total. The summed E-state index contributed by atoms with van der Waals surface area (Å²) < 4.78 is 46.6. The predicted octanol–water partition coefficient (Wildman–Crippen LogP) is 4.79. The molecule has 0 amide bonds. The summed E-state index contributed by atoms with van der Waals surface area (Å²) in [4.78, 5) is 0.0301. The lowest BCUT2D eigenvalue weighted by atomic mass is 10.1. The zero-order chi connectivity index (χ0) is 19.4. The van der Waals surface area contributed by atoms with Crippen molar-refractivity contribution in [2.24, 2.45) is 0 Å². The Morgan fingerprint density at radius 3 is 2.04 bits per heavy atom. The first-order valence-corrected chi connectivity index (χ1v) is 9.86. The van der Waals surface area contributed by atoms with Gasteiger partial charge in [0.15, 0.2) is 0 Å². The third-order valence-electron chi connectivity index (χ3n) is 4.33. The number of hydrogen-bond acceptors (Lipinski definition) is 3. The molecule has 0 N–H and O–H groups in total. The van der Waals surface area contributed by atoms with Crippen molar-refractivity contribution in [1.82, 2.24) is 0 Å². The first-order valence-electron chi connectivity index (χ1n) is 8.42. The fourth-order valence-corrected chi connectivity index (χ4v) is 4.53. The Kier molecular flexibility index (Phi) is 5.46. The average Bonchev–Trinajstić information content (AvgIpc) is 2.69. The average molecular weight is 385 g/mol. The zero-order valence-corrected chi connectivity index (χ0v) is 15.9. The normalized spacial score (nSPS) is 12.4. The summed E-state index contributed by atoms with van der Waals surface area (Å²) in [5.41, 5.74) is 1.34. The summed E-state index contributed by atoms with van der Waals surface area (Å²) in [5, 5.41) is 0. The van der Waals surface area contributed by atoms with E-state index in [0.717, 1.165) is 17.7 Å². The quantitative estimate of drug-likeness (QED) is 0.613. The molecule has 3 rings (SSSR count). The van der Waals surface area contributed by atoms with Crippen LogP contribution in [0.3, 0.4) is 0 Å². The monoisotopic (exact) mass is 385 g/mol. The first kappa shape index (κ1) is 18.9. The Labute approximate surface area is 158 Å². The lowest BCUT2D eigenvalue weighted by Gasteiger charge is -2.31. The summed E-state index contributed by atoms with van der Waals surface area (Å²) in [6, 6.07) is 20.5. The van der Waals surface area contributed by atoms with Gasteiger partial charge in [-0.2, -0.15) is 0 Å². The number of sulfonamides is 1. The van der Waals surface area contributed by atoms with E-state index in [9.17, 15) is 12.8 Å².